The number of methoxy groups -OCH3 is 1. The average Bonchev–Trinajstić information content (AvgIpc) is 2.97. The Labute approximate surface area is 127 Å². The molecule has 0 aliphatic carbocycles. The Morgan fingerprint density at radius 2 is 2.09 bits per heavy atom. The minimum atomic E-state index is -0.753. The summed E-state index contributed by atoms with van der Waals surface area (Å²) in [6.45, 7) is 0.299. The van der Waals surface area contributed by atoms with E-state index in [2.05, 4.69) is 9.72 Å². The largest absolute Gasteiger partial charge is 0.468 e. The number of nitrogens with zero attached hydrogens (tertiary/aromatic N) is 1. The summed E-state index contributed by atoms with van der Waals surface area (Å²) in [6.07, 6.45) is 0.303. The number of ether oxygens (including phenoxy) is 1. The van der Waals surface area contributed by atoms with Crippen LogP contribution in [0.1, 0.15) is 16.9 Å². The maximum atomic E-state index is 12.5. The number of likely N-dealkylation sites (tertiary alicyclic amines) is 1. The van der Waals surface area contributed by atoms with E-state index >= 15 is 0 Å². The van der Waals surface area contributed by atoms with Crippen molar-refractivity contribution in [2.75, 3.05) is 20.2 Å². The van der Waals surface area contributed by atoms with Crippen molar-refractivity contribution < 1.29 is 19.1 Å². The van der Waals surface area contributed by atoms with Crippen molar-refractivity contribution in [3.8, 4) is 0 Å². The average molecular weight is 300 g/mol. The van der Waals surface area contributed by atoms with Gasteiger partial charge in [-0.15, -0.1) is 0 Å². The second-order valence-corrected chi connectivity index (χ2v) is 5.33. The minimum absolute atomic E-state index is 0.0615. The quantitative estimate of drug-likeness (QED) is 0.671. The maximum Gasteiger partial charge on any atom is 0.316 e. The van der Waals surface area contributed by atoms with E-state index in [1.54, 1.807) is 6.07 Å². The number of para-hydroxylation sites is 1. The highest BCUT2D eigenvalue weighted by Crippen LogP contribution is 2.20. The first-order valence-corrected chi connectivity index (χ1v) is 7.07. The zero-order valence-corrected chi connectivity index (χ0v) is 12.2. The normalized spacial score (nSPS) is 18.5. The van der Waals surface area contributed by atoms with Crippen molar-refractivity contribution in [2.45, 2.75) is 6.42 Å². The molecule has 1 aliphatic rings. The van der Waals surface area contributed by atoms with Gasteiger partial charge in [0, 0.05) is 17.4 Å². The summed E-state index contributed by atoms with van der Waals surface area (Å²) in [6, 6.07) is 9.36. The third-order valence-electron chi connectivity index (χ3n) is 3.96. The van der Waals surface area contributed by atoms with Crippen LogP contribution < -0.4 is 0 Å². The third-order valence-corrected chi connectivity index (χ3v) is 3.96. The number of rotatable bonds is 2. The number of H-pyrrole nitrogens is 1. The van der Waals surface area contributed by atoms with Gasteiger partial charge in [-0.25, -0.2) is 0 Å². The molecular formula is C16H16N2O4. The van der Waals surface area contributed by atoms with Crippen molar-refractivity contribution in [2.24, 2.45) is 5.92 Å². The number of hydrogen-bond donors (Lipinski definition) is 1. The number of piperidine rings is 1. The van der Waals surface area contributed by atoms with Crippen LogP contribution in [0.3, 0.4) is 0 Å². The van der Waals surface area contributed by atoms with E-state index in [4.69, 9.17) is 0 Å². The molecule has 1 N–H and O–H groups in total. The lowest BCUT2D eigenvalue weighted by molar-refractivity contribution is -0.151. The summed E-state index contributed by atoms with van der Waals surface area (Å²) in [5, 5.41) is 0.946. The van der Waals surface area contributed by atoms with Gasteiger partial charge in [-0.3, -0.25) is 14.4 Å². The van der Waals surface area contributed by atoms with Crippen molar-refractivity contribution in [3.63, 3.8) is 0 Å². The van der Waals surface area contributed by atoms with Gasteiger partial charge >= 0.3 is 5.97 Å². The van der Waals surface area contributed by atoms with Crippen LogP contribution >= 0.6 is 0 Å². The smallest absolute Gasteiger partial charge is 0.316 e. The molecule has 0 radical (unpaired) electrons. The van der Waals surface area contributed by atoms with Crippen LogP contribution in [0.5, 0.6) is 0 Å². The number of amides is 1. The van der Waals surface area contributed by atoms with Gasteiger partial charge in [-0.2, -0.15) is 0 Å². The number of nitrogens with one attached hydrogen (secondary N) is 1. The van der Waals surface area contributed by atoms with Gasteiger partial charge in [-0.05, 0) is 18.6 Å². The van der Waals surface area contributed by atoms with Crippen molar-refractivity contribution in [1.29, 1.82) is 0 Å². The van der Waals surface area contributed by atoms with Crippen LogP contribution in [0, 0.1) is 5.92 Å². The number of carbonyl (C=O) groups excluding carboxylic acids is 3. The van der Waals surface area contributed by atoms with E-state index < -0.39 is 11.9 Å². The van der Waals surface area contributed by atoms with Gasteiger partial charge < -0.3 is 14.6 Å². The van der Waals surface area contributed by atoms with Crippen molar-refractivity contribution in [3.05, 3.63) is 36.0 Å². The molecule has 0 bridgehead atoms. The molecule has 1 atom stereocenters. The summed E-state index contributed by atoms with van der Waals surface area (Å²) in [4.78, 5) is 40.5. The number of esters is 1. The zero-order valence-electron chi connectivity index (χ0n) is 12.2. The Balaban J connectivity index is 1.76. The van der Waals surface area contributed by atoms with E-state index in [1.165, 1.54) is 12.0 Å². The minimum Gasteiger partial charge on any atom is -0.468 e. The Hall–Kier alpha value is -2.63. The molecule has 1 aromatic carbocycles. The molecule has 1 aromatic heterocycles. The van der Waals surface area contributed by atoms with E-state index in [9.17, 15) is 14.4 Å². The second-order valence-electron chi connectivity index (χ2n) is 5.33. The topological polar surface area (TPSA) is 79.5 Å². The fraction of sp³-hybridized carbons (Fsp3) is 0.312. The van der Waals surface area contributed by atoms with Crippen molar-refractivity contribution in [1.82, 2.24) is 9.88 Å². The van der Waals surface area contributed by atoms with Crippen LogP contribution in [0.4, 0.5) is 0 Å². The first-order chi connectivity index (χ1) is 10.6. The van der Waals surface area contributed by atoms with Gasteiger partial charge in [0.2, 0.25) is 0 Å². The summed E-state index contributed by atoms with van der Waals surface area (Å²) >= 11 is 0. The molecule has 1 amide bonds. The summed E-state index contributed by atoms with van der Waals surface area (Å²) in [5.41, 5.74) is 1.33. The molecule has 1 fully saturated rings. The maximum absolute atomic E-state index is 12.5. The summed E-state index contributed by atoms with van der Waals surface area (Å²) in [5.74, 6) is -1.78. The fourth-order valence-corrected chi connectivity index (χ4v) is 2.75. The lowest BCUT2D eigenvalue weighted by atomic mass is 9.95. The van der Waals surface area contributed by atoms with Crippen LogP contribution in [-0.4, -0.2) is 47.7 Å². The number of Topliss-reactive ketones (excluding diaryl/α,β-unsaturated/α-hetero) is 1. The predicted octanol–water partition coefficient (Wildman–Crippen LogP) is 1.37. The number of aromatic amines is 1. The Kier molecular flexibility index (Phi) is 3.66. The molecule has 0 saturated carbocycles. The van der Waals surface area contributed by atoms with Gasteiger partial charge in [0.25, 0.3) is 5.91 Å². The number of fused-ring (bicyclic) bond motifs is 1. The van der Waals surface area contributed by atoms with E-state index in [0.29, 0.717) is 18.7 Å². The number of benzene rings is 1. The van der Waals surface area contributed by atoms with E-state index in [0.717, 1.165) is 10.9 Å². The fourth-order valence-electron chi connectivity index (χ4n) is 2.75. The number of ketones is 1. The molecular weight excluding hydrogens is 284 g/mol. The molecule has 6 heteroatoms. The molecule has 2 aromatic rings. The Morgan fingerprint density at radius 3 is 2.77 bits per heavy atom. The highest BCUT2D eigenvalue weighted by atomic mass is 16.5. The van der Waals surface area contributed by atoms with Gasteiger partial charge in [0.15, 0.2) is 5.78 Å². The van der Waals surface area contributed by atoms with E-state index in [-0.39, 0.29) is 18.2 Å². The molecule has 1 saturated heterocycles. The van der Waals surface area contributed by atoms with Crippen molar-refractivity contribution >= 4 is 28.6 Å². The summed E-state index contributed by atoms with van der Waals surface area (Å²) in [7, 11) is 1.26. The standard InChI is InChI=1S/C16H16N2O4/c1-22-16(21)11-6-7-18(9-14(11)19)15(20)13-8-10-4-2-3-5-12(10)17-13/h2-5,8,11,17H,6-7,9H2,1H3. The van der Waals surface area contributed by atoms with Crippen LogP contribution in [0.15, 0.2) is 30.3 Å². The summed E-state index contributed by atoms with van der Waals surface area (Å²) < 4.78 is 4.61. The van der Waals surface area contributed by atoms with Crippen LogP contribution in [0.2, 0.25) is 0 Å². The van der Waals surface area contributed by atoms with E-state index in [1.807, 2.05) is 24.3 Å². The molecule has 1 aliphatic heterocycles. The molecule has 3 rings (SSSR count). The predicted molar refractivity (Wildman–Crippen MR) is 79.3 cm³/mol. The number of hydrogen-bond acceptors (Lipinski definition) is 4. The van der Waals surface area contributed by atoms with Gasteiger partial charge in [0.05, 0.1) is 13.7 Å². The molecule has 2 heterocycles. The SMILES string of the molecule is COC(=O)C1CCN(C(=O)c2cc3ccccc3[nH]2)CC1=O. The first kappa shape index (κ1) is 14.3. The molecule has 114 valence electrons. The second kappa shape index (κ2) is 5.63. The Bertz CT molecular complexity index is 716. The van der Waals surface area contributed by atoms with Gasteiger partial charge in [-0.1, -0.05) is 18.2 Å². The highest BCUT2D eigenvalue weighted by Gasteiger charge is 2.35. The number of aromatic nitrogens is 1. The zero-order chi connectivity index (χ0) is 15.7. The lowest BCUT2D eigenvalue weighted by Gasteiger charge is -2.29. The third kappa shape index (κ3) is 2.47. The molecule has 1 unspecified atom stereocenters. The number of carbonyl (C=O) groups is 3. The van der Waals surface area contributed by atoms with Crippen LogP contribution in [-0.2, 0) is 14.3 Å². The monoisotopic (exact) mass is 300 g/mol. The molecule has 6 nitrogen and oxygen atoms in total. The van der Waals surface area contributed by atoms with Gasteiger partial charge in [0.1, 0.15) is 11.6 Å². The Morgan fingerprint density at radius 1 is 1.32 bits per heavy atom. The molecule has 22 heavy (non-hydrogen) atoms. The highest BCUT2D eigenvalue weighted by molar-refractivity contribution is 6.04. The van der Waals surface area contributed by atoms with Crippen LogP contribution in [0.25, 0.3) is 10.9 Å². The lowest BCUT2D eigenvalue weighted by Crippen LogP contribution is -2.46. The molecule has 0 spiro atoms. The first-order valence-electron chi connectivity index (χ1n) is 7.07.